The number of halogens is 1. The molecule has 1 saturated heterocycles. The SMILES string of the molecule is CCCNC(=O)C(=O)NC[C@H](c1ccc2c(c1)OCO2)N1CCN(c2ccccc2F)CC1. The molecule has 2 aromatic carbocycles. The second-order valence-corrected chi connectivity index (χ2v) is 8.07. The third-order valence-electron chi connectivity index (χ3n) is 5.93. The summed E-state index contributed by atoms with van der Waals surface area (Å²) in [4.78, 5) is 28.6. The van der Waals surface area contributed by atoms with Gasteiger partial charge in [0.25, 0.3) is 0 Å². The molecule has 9 heteroatoms. The minimum absolute atomic E-state index is 0.176. The first kappa shape index (κ1) is 22.8. The van der Waals surface area contributed by atoms with Crippen LogP contribution in [0, 0.1) is 5.82 Å². The Hall–Kier alpha value is -3.33. The summed E-state index contributed by atoms with van der Waals surface area (Å²) >= 11 is 0. The Kier molecular flexibility index (Phi) is 7.29. The van der Waals surface area contributed by atoms with Gasteiger partial charge in [-0.1, -0.05) is 25.1 Å². The van der Waals surface area contributed by atoms with Crippen LogP contribution in [0.15, 0.2) is 42.5 Å². The molecule has 0 unspecified atom stereocenters. The molecule has 0 spiro atoms. The molecule has 2 heterocycles. The molecule has 2 aromatic rings. The summed E-state index contributed by atoms with van der Waals surface area (Å²) in [6, 6.07) is 12.3. The molecule has 33 heavy (non-hydrogen) atoms. The first-order valence-corrected chi connectivity index (χ1v) is 11.3. The van der Waals surface area contributed by atoms with Gasteiger partial charge < -0.3 is 25.0 Å². The Morgan fingerprint density at radius 2 is 1.73 bits per heavy atom. The molecular weight excluding hydrogens is 427 g/mol. The van der Waals surface area contributed by atoms with Crippen LogP contribution in [-0.2, 0) is 9.59 Å². The number of nitrogens with zero attached hydrogens (tertiary/aromatic N) is 2. The van der Waals surface area contributed by atoms with E-state index in [1.807, 2.05) is 36.1 Å². The zero-order valence-corrected chi connectivity index (χ0v) is 18.7. The van der Waals surface area contributed by atoms with E-state index in [0.717, 1.165) is 12.0 Å². The summed E-state index contributed by atoms with van der Waals surface area (Å²) in [6.45, 7) is 5.46. The summed E-state index contributed by atoms with van der Waals surface area (Å²) in [5.41, 5.74) is 1.55. The molecule has 2 aliphatic rings. The van der Waals surface area contributed by atoms with Gasteiger partial charge in [-0.05, 0) is 36.2 Å². The smallest absolute Gasteiger partial charge is 0.309 e. The molecule has 2 N–H and O–H groups in total. The van der Waals surface area contributed by atoms with E-state index in [-0.39, 0.29) is 25.2 Å². The van der Waals surface area contributed by atoms with E-state index in [0.29, 0.717) is 49.9 Å². The lowest BCUT2D eigenvalue weighted by atomic mass is 10.0. The van der Waals surface area contributed by atoms with Crippen LogP contribution >= 0.6 is 0 Å². The molecule has 2 aliphatic heterocycles. The van der Waals surface area contributed by atoms with Gasteiger partial charge in [0, 0.05) is 39.3 Å². The van der Waals surface area contributed by atoms with Crippen LogP contribution in [0.3, 0.4) is 0 Å². The summed E-state index contributed by atoms with van der Waals surface area (Å²) in [6.07, 6.45) is 0.755. The van der Waals surface area contributed by atoms with Gasteiger partial charge in [-0.15, -0.1) is 0 Å². The number of piperazine rings is 1. The summed E-state index contributed by atoms with van der Waals surface area (Å²) in [7, 11) is 0. The number of anilines is 1. The van der Waals surface area contributed by atoms with E-state index < -0.39 is 11.8 Å². The van der Waals surface area contributed by atoms with Crippen LogP contribution in [-0.4, -0.2) is 62.8 Å². The van der Waals surface area contributed by atoms with Gasteiger partial charge in [0.1, 0.15) is 5.82 Å². The number of carbonyl (C=O) groups is 2. The number of para-hydroxylation sites is 1. The van der Waals surface area contributed by atoms with Crippen molar-refractivity contribution in [3.8, 4) is 11.5 Å². The number of fused-ring (bicyclic) bond motifs is 1. The van der Waals surface area contributed by atoms with Crippen LogP contribution < -0.4 is 25.0 Å². The Labute approximate surface area is 192 Å². The highest BCUT2D eigenvalue weighted by molar-refractivity contribution is 6.35. The predicted molar refractivity (Wildman–Crippen MR) is 122 cm³/mol. The van der Waals surface area contributed by atoms with E-state index in [2.05, 4.69) is 15.5 Å². The molecule has 0 aromatic heterocycles. The standard InChI is InChI=1S/C24H29FN4O4/c1-2-9-26-23(30)24(31)27-15-20(17-7-8-21-22(14-17)33-16-32-21)29-12-10-28(11-13-29)19-6-4-3-5-18(19)25/h3-8,14,20H,2,9-13,15-16H2,1H3,(H,26,30)(H,27,31)/t20-/m1/s1. The number of nitrogens with one attached hydrogen (secondary N) is 2. The van der Waals surface area contributed by atoms with Gasteiger partial charge in [0.2, 0.25) is 6.79 Å². The molecule has 8 nitrogen and oxygen atoms in total. The number of rotatable bonds is 7. The van der Waals surface area contributed by atoms with Gasteiger partial charge in [0.15, 0.2) is 11.5 Å². The van der Waals surface area contributed by atoms with Crippen molar-refractivity contribution >= 4 is 17.5 Å². The lowest BCUT2D eigenvalue weighted by molar-refractivity contribution is -0.139. The predicted octanol–water partition coefficient (Wildman–Crippen LogP) is 2.06. The second kappa shape index (κ2) is 10.5. The molecule has 4 rings (SSSR count). The van der Waals surface area contributed by atoms with Crippen molar-refractivity contribution in [1.82, 2.24) is 15.5 Å². The van der Waals surface area contributed by atoms with E-state index >= 15 is 0 Å². The monoisotopic (exact) mass is 456 g/mol. The molecule has 176 valence electrons. The van der Waals surface area contributed by atoms with Gasteiger partial charge in [0.05, 0.1) is 11.7 Å². The Bertz CT molecular complexity index is 994. The zero-order chi connectivity index (χ0) is 23.2. The number of carbonyl (C=O) groups excluding carboxylic acids is 2. The number of hydrogen-bond donors (Lipinski definition) is 2. The summed E-state index contributed by atoms with van der Waals surface area (Å²) in [5.74, 6) is -0.173. The van der Waals surface area contributed by atoms with Crippen molar-refractivity contribution < 1.29 is 23.5 Å². The highest BCUT2D eigenvalue weighted by Crippen LogP contribution is 2.35. The second-order valence-electron chi connectivity index (χ2n) is 8.07. The number of amides is 2. The molecule has 2 amide bonds. The lowest BCUT2D eigenvalue weighted by Crippen LogP contribution is -2.51. The highest BCUT2D eigenvalue weighted by atomic mass is 19.1. The van der Waals surface area contributed by atoms with Crippen molar-refractivity contribution in [2.24, 2.45) is 0 Å². The fraction of sp³-hybridized carbons (Fsp3) is 0.417. The quantitative estimate of drug-likeness (QED) is 0.621. The average Bonchev–Trinajstić information content (AvgIpc) is 3.31. The molecule has 1 fully saturated rings. The van der Waals surface area contributed by atoms with Crippen molar-refractivity contribution in [1.29, 1.82) is 0 Å². The van der Waals surface area contributed by atoms with E-state index in [1.54, 1.807) is 12.1 Å². The van der Waals surface area contributed by atoms with Crippen molar-refractivity contribution in [3.05, 3.63) is 53.8 Å². The highest BCUT2D eigenvalue weighted by Gasteiger charge is 2.28. The van der Waals surface area contributed by atoms with E-state index in [1.165, 1.54) is 6.07 Å². The first-order valence-electron chi connectivity index (χ1n) is 11.3. The van der Waals surface area contributed by atoms with E-state index in [4.69, 9.17) is 9.47 Å². The number of hydrogen-bond acceptors (Lipinski definition) is 6. The third-order valence-corrected chi connectivity index (χ3v) is 5.93. The first-order chi connectivity index (χ1) is 16.1. The van der Waals surface area contributed by atoms with Gasteiger partial charge in [-0.25, -0.2) is 4.39 Å². The minimum Gasteiger partial charge on any atom is -0.454 e. The van der Waals surface area contributed by atoms with Gasteiger partial charge in [-0.2, -0.15) is 0 Å². The van der Waals surface area contributed by atoms with Gasteiger partial charge >= 0.3 is 11.8 Å². The average molecular weight is 457 g/mol. The molecule has 1 atom stereocenters. The summed E-state index contributed by atoms with van der Waals surface area (Å²) in [5, 5.41) is 5.36. The Balaban J connectivity index is 1.47. The third kappa shape index (κ3) is 5.36. The van der Waals surface area contributed by atoms with Crippen LogP contribution in [0.4, 0.5) is 10.1 Å². The van der Waals surface area contributed by atoms with Crippen LogP contribution in [0.5, 0.6) is 11.5 Å². The van der Waals surface area contributed by atoms with Crippen LogP contribution in [0.2, 0.25) is 0 Å². The normalized spacial score (nSPS) is 16.4. The Morgan fingerprint density at radius 1 is 1.00 bits per heavy atom. The maximum atomic E-state index is 14.2. The maximum absolute atomic E-state index is 14.2. The zero-order valence-electron chi connectivity index (χ0n) is 18.7. The lowest BCUT2D eigenvalue weighted by Gasteiger charge is -2.40. The van der Waals surface area contributed by atoms with Crippen molar-refractivity contribution in [2.75, 3.05) is 51.0 Å². The van der Waals surface area contributed by atoms with Crippen molar-refractivity contribution in [2.45, 2.75) is 19.4 Å². The van der Waals surface area contributed by atoms with Crippen LogP contribution in [0.25, 0.3) is 0 Å². The van der Waals surface area contributed by atoms with Gasteiger partial charge in [-0.3, -0.25) is 14.5 Å². The molecule has 0 aliphatic carbocycles. The molecular formula is C24H29FN4O4. The molecule has 0 bridgehead atoms. The fourth-order valence-corrected chi connectivity index (χ4v) is 4.15. The van der Waals surface area contributed by atoms with Crippen molar-refractivity contribution in [3.63, 3.8) is 0 Å². The largest absolute Gasteiger partial charge is 0.454 e. The fourth-order valence-electron chi connectivity index (χ4n) is 4.15. The Morgan fingerprint density at radius 3 is 2.48 bits per heavy atom. The molecule has 0 saturated carbocycles. The topological polar surface area (TPSA) is 83.1 Å². The number of ether oxygens (including phenoxy) is 2. The van der Waals surface area contributed by atoms with Crippen LogP contribution in [0.1, 0.15) is 24.9 Å². The molecule has 0 radical (unpaired) electrons. The summed E-state index contributed by atoms with van der Waals surface area (Å²) < 4.78 is 25.2. The maximum Gasteiger partial charge on any atom is 0.309 e. The number of benzene rings is 2. The van der Waals surface area contributed by atoms with E-state index in [9.17, 15) is 14.0 Å². The minimum atomic E-state index is -0.654.